The van der Waals surface area contributed by atoms with Crippen LogP contribution in [0.15, 0.2) is 107 Å². The first-order chi connectivity index (χ1) is 18.1. The third kappa shape index (κ3) is 3.30. The molecule has 37 heavy (non-hydrogen) atoms. The van der Waals surface area contributed by atoms with Crippen molar-refractivity contribution < 1.29 is 9.59 Å². The van der Waals surface area contributed by atoms with Crippen molar-refractivity contribution in [1.82, 2.24) is 0 Å². The molecule has 178 valence electrons. The van der Waals surface area contributed by atoms with Crippen molar-refractivity contribution in [3.05, 3.63) is 123 Å². The Labute approximate surface area is 226 Å². The van der Waals surface area contributed by atoms with Gasteiger partial charge in [0.25, 0.3) is 0 Å². The molecule has 0 bridgehead atoms. The quantitative estimate of drug-likeness (QED) is 0.169. The second-order valence-electron chi connectivity index (χ2n) is 9.45. The first kappa shape index (κ1) is 22.6. The van der Waals surface area contributed by atoms with Gasteiger partial charge in [0.15, 0.2) is 0 Å². The van der Waals surface area contributed by atoms with E-state index in [1.807, 2.05) is 6.08 Å². The van der Waals surface area contributed by atoms with E-state index in [-0.39, 0.29) is 26.1 Å². The number of anilines is 3. The van der Waals surface area contributed by atoms with Gasteiger partial charge >= 0.3 is 227 Å². The molecule has 3 heterocycles. The van der Waals surface area contributed by atoms with Gasteiger partial charge in [0.05, 0.1) is 0 Å². The van der Waals surface area contributed by atoms with Crippen LogP contribution >= 0.6 is 11.3 Å². The number of fused-ring (bicyclic) bond motifs is 3. The number of ketones is 2. The van der Waals surface area contributed by atoms with E-state index in [1.165, 1.54) is 42.8 Å². The van der Waals surface area contributed by atoms with Crippen LogP contribution in [-0.4, -0.2) is 34.1 Å². The van der Waals surface area contributed by atoms with Crippen LogP contribution in [0.5, 0.6) is 0 Å². The van der Waals surface area contributed by atoms with Gasteiger partial charge < -0.3 is 0 Å². The van der Waals surface area contributed by atoms with E-state index in [0.29, 0.717) is 16.7 Å². The van der Waals surface area contributed by atoms with Gasteiger partial charge in [-0.25, -0.2) is 0 Å². The van der Waals surface area contributed by atoms with Crippen LogP contribution < -0.4 is 20.5 Å². The molecule has 7 rings (SSSR count). The number of carbonyl (C=O) groups excluding carboxylic acids is 2. The van der Waals surface area contributed by atoms with Crippen molar-refractivity contribution in [2.24, 2.45) is 0 Å². The number of allylic oxidation sites excluding steroid dienone is 1. The summed E-state index contributed by atoms with van der Waals surface area (Å²) in [5.41, 5.74) is 3.84. The summed E-state index contributed by atoms with van der Waals surface area (Å²) < 4.78 is 2.24. The van der Waals surface area contributed by atoms with Gasteiger partial charge in [0.2, 0.25) is 0 Å². The van der Waals surface area contributed by atoms with Gasteiger partial charge in [0, 0.05) is 0 Å². The second kappa shape index (κ2) is 8.50. The van der Waals surface area contributed by atoms with Crippen molar-refractivity contribution >= 4 is 83.1 Å². The Kier molecular flexibility index (Phi) is 5.20. The first-order valence-electron chi connectivity index (χ1n) is 12.1. The maximum absolute atomic E-state index is 12.8. The zero-order valence-electron chi connectivity index (χ0n) is 20.0. The predicted molar refractivity (Wildman–Crippen MR) is 156 cm³/mol. The molecule has 0 spiro atoms. The van der Waals surface area contributed by atoms with Crippen LogP contribution in [0.4, 0.5) is 15.9 Å². The molecular formula is C31H21NO2SSeSi. The zero-order chi connectivity index (χ0) is 25.1. The van der Waals surface area contributed by atoms with Gasteiger partial charge in [0.1, 0.15) is 0 Å². The molecule has 0 N–H and O–H groups in total. The molecule has 1 aliphatic carbocycles. The Hall–Kier alpha value is -3.54. The minimum absolute atomic E-state index is 0.0506. The van der Waals surface area contributed by atoms with Crippen molar-refractivity contribution in [3.8, 4) is 0 Å². The average molecular weight is 579 g/mol. The fourth-order valence-electron chi connectivity index (χ4n) is 5.63. The Morgan fingerprint density at radius 3 is 1.92 bits per heavy atom. The Balaban J connectivity index is 1.37. The van der Waals surface area contributed by atoms with Gasteiger partial charge in [-0.3, -0.25) is 0 Å². The van der Waals surface area contributed by atoms with Gasteiger partial charge in [-0.15, -0.1) is 0 Å². The molecule has 2 aliphatic rings. The van der Waals surface area contributed by atoms with E-state index < -0.39 is 8.07 Å². The summed E-state index contributed by atoms with van der Waals surface area (Å²) in [6, 6.07) is 32.7. The number of hydrogen-bond donors (Lipinski definition) is 0. The minimum atomic E-state index is -2.22. The summed E-state index contributed by atoms with van der Waals surface area (Å²) in [6.07, 6.45) is 1.82. The average Bonchev–Trinajstić information content (AvgIpc) is 3.66. The number of nitrogens with zero attached hydrogens (tertiary/aromatic N) is 1. The third-order valence-corrected chi connectivity index (χ3v) is 14.8. The molecule has 5 aromatic rings. The molecule has 0 atom stereocenters. The number of thiophene rings is 1. The van der Waals surface area contributed by atoms with Gasteiger partial charge in [-0.05, 0) is 0 Å². The molecule has 0 saturated carbocycles. The Bertz CT molecular complexity index is 1670. The van der Waals surface area contributed by atoms with Crippen LogP contribution in [-0.2, 0) is 0 Å². The monoisotopic (exact) mass is 579 g/mol. The molecule has 0 unspecified atom stereocenters. The number of Topliss-reactive ketones (excluding diaryl/α,β-unsaturated/α-hetero) is 2. The summed E-state index contributed by atoms with van der Waals surface area (Å²) in [7, 11) is -2.22. The Morgan fingerprint density at radius 2 is 1.30 bits per heavy atom. The zero-order valence-corrected chi connectivity index (χ0v) is 23.5. The molecular weight excluding hydrogens is 557 g/mol. The molecule has 2 aromatic heterocycles. The number of rotatable bonds is 3. The fourth-order valence-corrected chi connectivity index (χ4v) is 12.5. The topological polar surface area (TPSA) is 37.4 Å². The number of carbonyl (C=O) groups is 2. The molecule has 0 fully saturated rings. The van der Waals surface area contributed by atoms with Crippen LogP contribution in [0, 0.1) is 0 Å². The van der Waals surface area contributed by atoms with E-state index in [0.717, 1.165) is 4.44 Å². The summed E-state index contributed by atoms with van der Waals surface area (Å²) in [5, 5.41) is 7.75. The van der Waals surface area contributed by atoms with Crippen LogP contribution in [0.3, 0.4) is 0 Å². The number of para-hydroxylation sites is 2. The predicted octanol–water partition coefficient (Wildman–Crippen LogP) is 5.15. The van der Waals surface area contributed by atoms with Crippen LogP contribution in [0.1, 0.15) is 25.2 Å². The standard InChI is InChI=1S/C31H21NO2SSeSi/c1-37(21-9-3-2-4-10-21)27-13-7-5-11-25(27)32(26-12-6-8-14-28(26)37)29-16-15-20(36-29)17-22-30(33)23-18-35-19-24(23)31(22)34/h2-19H,1H3. The second-order valence-corrected chi connectivity index (χ2v) is 16.4. The van der Waals surface area contributed by atoms with Crippen molar-refractivity contribution in [2.45, 2.75) is 6.55 Å². The van der Waals surface area contributed by atoms with Crippen LogP contribution in [0.25, 0.3) is 6.08 Å². The fraction of sp³-hybridized carbons (Fsp3) is 0.0323. The van der Waals surface area contributed by atoms with Crippen molar-refractivity contribution in [2.75, 3.05) is 4.90 Å². The van der Waals surface area contributed by atoms with E-state index in [4.69, 9.17) is 0 Å². The molecule has 1 aliphatic heterocycles. The number of benzene rings is 3. The third-order valence-electron chi connectivity index (χ3n) is 7.48. The summed E-state index contributed by atoms with van der Waals surface area (Å²) >= 11 is 1.35. The van der Waals surface area contributed by atoms with Crippen LogP contribution in [0.2, 0.25) is 6.55 Å². The maximum atomic E-state index is 12.8. The SMILES string of the molecule is C[Si]1(c2ccccc2)c2ccccc2N(c2ccc(C=C3C(=O)c4cscc4C3=O)[se]2)c2ccccc21. The van der Waals surface area contributed by atoms with E-state index in [1.54, 1.807) is 10.8 Å². The molecule has 0 amide bonds. The summed E-state index contributed by atoms with van der Waals surface area (Å²) in [5.74, 6) is -0.297. The Morgan fingerprint density at radius 1 is 0.730 bits per heavy atom. The molecule has 3 nitrogen and oxygen atoms in total. The first-order valence-corrected chi connectivity index (χ1v) is 17.2. The summed E-state index contributed by atoms with van der Waals surface area (Å²) in [4.78, 5) is 28.1. The molecule has 0 radical (unpaired) electrons. The van der Waals surface area contributed by atoms with E-state index in [9.17, 15) is 9.59 Å². The number of hydrogen-bond acceptors (Lipinski definition) is 4. The normalized spacial score (nSPS) is 15.4. The van der Waals surface area contributed by atoms with Gasteiger partial charge in [-0.1, -0.05) is 0 Å². The van der Waals surface area contributed by atoms with Crippen molar-refractivity contribution in [3.63, 3.8) is 0 Å². The molecule has 3 aromatic carbocycles. The van der Waals surface area contributed by atoms with E-state index in [2.05, 4.69) is 102 Å². The van der Waals surface area contributed by atoms with E-state index >= 15 is 0 Å². The summed E-state index contributed by atoms with van der Waals surface area (Å²) in [6.45, 7) is 2.45. The van der Waals surface area contributed by atoms with Crippen molar-refractivity contribution in [1.29, 1.82) is 0 Å². The molecule has 0 saturated heterocycles. The molecule has 6 heteroatoms. The van der Waals surface area contributed by atoms with Gasteiger partial charge in [-0.2, -0.15) is 0 Å².